The monoisotopic (exact) mass is 346 g/mol. The summed E-state index contributed by atoms with van der Waals surface area (Å²) in [5.74, 6) is -2.65. The zero-order chi connectivity index (χ0) is 18.1. The van der Waals surface area contributed by atoms with Crippen molar-refractivity contribution in [3.8, 4) is 0 Å². The Hall–Kier alpha value is -2.80. The average Bonchev–Trinajstić information content (AvgIpc) is 2.95. The van der Waals surface area contributed by atoms with Gasteiger partial charge in [0, 0.05) is 11.3 Å². The number of fused-ring (bicyclic) bond motifs is 1. The fourth-order valence-electron chi connectivity index (χ4n) is 2.71. The molecule has 0 saturated heterocycles. The topological polar surface area (TPSA) is 78.4 Å². The van der Waals surface area contributed by atoms with E-state index in [1.54, 1.807) is 25.1 Å². The molecule has 0 fully saturated rings. The third kappa shape index (κ3) is 3.51. The third-order valence-electron chi connectivity index (χ3n) is 4.11. The van der Waals surface area contributed by atoms with Crippen LogP contribution >= 0.6 is 0 Å². The maximum atomic E-state index is 13.3. The Morgan fingerprint density at radius 1 is 1.20 bits per heavy atom. The van der Waals surface area contributed by atoms with Crippen LogP contribution in [0.1, 0.15) is 34.5 Å². The smallest absolute Gasteiger partial charge is 0.251 e. The third-order valence-corrected chi connectivity index (χ3v) is 4.11. The van der Waals surface area contributed by atoms with Crippen molar-refractivity contribution in [1.82, 2.24) is 5.32 Å². The average molecular weight is 346 g/mol. The molecule has 2 atom stereocenters. The number of rotatable bonds is 4. The summed E-state index contributed by atoms with van der Waals surface area (Å²) in [6.45, 7) is 1.55. The van der Waals surface area contributed by atoms with Crippen LogP contribution in [0.4, 0.5) is 14.5 Å². The van der Waals surface area contributed by atoms with E-state index in [9.17, 15) is 23.5 Å². The number of anilines is 1. The van der Waals surface area contributed by atoms with E-state index in [0.717, 1.165) is 17.7 Å². The second kappa shape index (κ2) is 6.60. The van der Waals surface area contributed by atoms with Gasteiger partial charge in [-0.25, -0.2) is 8.78 Å². The van der Waals surface area contributed by atoms with Crippen LogP contribution in [-0.4, -0.2) is 23.0 Å². The lowest BCUT2D eigenvalue weighted by Gasteiger charge is -2.21. The van der Waals surface area contributed by atoms with Crippen molar-refractivity contribution in [2.24, 2.45) is 0 Å². The molecule has 1 aliphatic heterocycles. The molecule has 0 unspecified atom stereocenters. The second-order valence-corrected chi connectivity index (χ2v) is 5.98. The summed E-state index contributed by atoms with van der Waals surface area (Å²) in [5, 5.41) is 15.5. The molecular formula is C18H16F2N2O3. The number of aliphatic hydroxyl groups excluding tert-OH is 1. The van der Waals surface area contributed by atoms with Gasteiger partial charge in [0.2, 0.25) is 5.91 Å². The number of carbonyl (C=O) groups excluding carboxylic acids is 2. The van der Waals surface area contributed by atoms with Gasteiger partial charge in [-0.3, -0.25) is 9.59 Å². The summed E-state index contributed by atoms with van der Waals surface area (Å²) < 4.78 is 26.3. The fourth-order valence-corrected chi connectivity index (χ4v) is 2.71. The molecule has 0 saturated carbocycles. The molecule has 25 heavy (non-hydrogen) atoms. The summed E-state index contributed by atoms with van der Waals surface area (Å²) in [6, 6.07) is 7.19. The minimum absolute atomic E-state index is 0.130. The predicted octanol–water partition coefficient (Wildman–Crippen LogP) is 2.31. The van der Waals surface area contributed by atoms with Gasteiger partial charge in [-0.1, -0.05) is 12.1 Å². The molecule has 0 radical (unpaired) electrons. The zero-order valence-corrected chi connectivity index (χ0v) is 13.3. The van der Waals surface area contributed by atoms with Crippen LogP contribution in [0.25, 0.3) is 0 Å². The van der Waals surface area contributed by atoms with Gasteiger partial charge in [0.05, 0.1) is 18.6 Å². The van der Waals surface area contributed by atoms with Crippen molar-refractivity contribution >= 4 is 17.5 Å². The summed E-state index contributed by atoms with van der Waals surface area (Å²) in [5.41, 5.74) is 1.89. The van der Waals surface area contributed by atoms with Crippen molar-refractivity contribution in [2.75, 3.05) is 5.32 Å². The van der Waals surface area contributed by atoms with Gasteiger partial charge in [-0.05, 0) is 42.3 Å². The quantitative estimate of drug-likeness (QED) is 0.795. The normalized spacial score (nSPS) is 15.3. The minimum atomic E-state index is -1.20. The Kier molecular flexibility index (Phi) is 4.50. The van der Waals surface area contributed by atoms with Crippen LogP contribution in [0.2, 0.25) is 0 Å². The van der Waals surface area contributed by atoms with Crippen LogP contribution in [-0.2, 0) is 11.2 Å². The molecule has 5 nitrogen and oxygen atoms in total. The molecule has 130 valence electrons. The number of aliphatic hydroxyl groups is 1. The Morgan fingerprint density at radius 2 is 1.96 bits per heavy atom. The van der Waals surface area contributed by atoms with E-state index in [-0.39, 0.29) is 17.9 Å². The lowest BCUT2D eigenvalue weighted by molar-refractivity contribution is -0.115. The molecule has 2 amide bonds. The molecule has 2 aromatic carbocycles. The first-order valence-electron chi connectivity index (χ1n) is 7.72. The van der Waals surface area contributed by atoms with Crippen molar-refractivity contribution in [1.29, 1.82) is 0 Å². The first-order valence-corrected chi connectivity index (χ1v) is 7.72. The van der Waals surface area contributed by atoms with Crippen LogP contribution in [0.3, 0.4) is 0 Å². The van der Waals surface area contributed by atoms with Crippen LogP contribution in [0.15, 0.2) is 36.4 Å². The van der Waals surface area contributed by atoms with E-state index in [4.69, 9.17) is 0 Å². The van der Waals surface area contributed by atoms with Gasteiger partial charge >= 0.3 is 0 Å². The number of carbonyl (C=O) groups is 2. The molecule has 2 aromatic rings. The highest BCUT2D eigenvalue weighted by Crippen LogP contribution is 2.24. The molecule has 0 aromatic heterocycles. The second-order valence-electron chi connectivity index (χ2n) is 5.98. The van der Waals surface area contributed by atoms with Gasteiger partial charge in [-0.15, -0.1) is 0 Å². The Morgan fingerprint density at radius 3 is 2.68 bits per heavy atom. The van der Waals surface area contributed by atoms with E-state index in [0.29, 0.717) is 11.3 Å². The van der Waals surface area contributed by atoms with Crippen LogP contribution in [0, 0.1) is 11.6 Å². The van der Waals surface area contributed by atoms with Gasteiger partial charge in [0.25, 0.3) is 5.91 Å². The van der Waals surface area contributed by atoms with Crippen molar-refractivity contribution in [2.45, 2.75) is 25.5 Å². The van der Waals surface area contributed by atoms with Gasteiger partial charge in [0.1, 0.15) is 0 Å². The molecule has 1 heterocycles. The van der Waals surface area contributed by atoms with E-state index in [1.807, 2.05) is 0 Å². The maximum Gasteiger partial charge on any atom is 0.251 e. The number of halogens is 2. The number of benzene rings is 2. The highest BCUT2D eigenvalue weighted by atomic mass is 19.2. The number of nitrogens with one attached hydrogen (secondary N) is 2. The highest BCUT2D eigenvalue weighted by Gasteiger charge is 2.22. The van der Waals surface area contributed by atoms with E-state index < -0.39 is 29.7 Å². The molecule has 1 aliphatic rings. The van der Waals surface area contributed by atoms with E-state index >= 15 is 0 Å². The first kappa shape index (κ1) is 17.0. The summed E-state index contributed by atoms with van der Waals surface area (Å²) in [6.07, 6.45) is -0.921. The maximum absolute atomic E-state index is 13.3. The van der Waals surface area contributed by atoms with Crippen molar-refractivity contribution in [3.63, 3.8) is 0 Å². The van der Waals surface area contributed by atoms with Gasteiger partial charge in [0.15, 0.2) is 11.6 Å². The van der Waals surface area contributed by atoms with Crippen molar-refractivity contribution < 1.29 is 23.5 Å². The van der Waals surface area contributed by atoms with Gasteiger partial charge in [-0.2, -0.15) is 0 Å². The Bertz CT molecular complexity index is 854. The predicted molar refractivity (Wildman–Crippen MR) is 87.0 cm³/mol. The first-order chi connectivity index (χ1) is 11.8. The number of hydrogen-bond acceptors (Lipinski definition) is 3. The number of amides is 2. The van der Waals surface area contributed by atoms with Crippen LogP contribution < -0.4 is 10.6 Å². The van der Waals surface area contributed by atoms with E-state index in [2.05, 4.69) is 10.6 Å². The summed E-state index contributed by atoms with van der Waals surface area (Å²) in [7, 11) is 0. The van der Waals surface area contributed by atoms with E-state index in [1.165, 1.54) is 6.07 Å². The lowest BCUT2D eigenvalue weighted by atomic mass is 10.0. The number of hydrogen-bond donors (Lipinski definition) is 3. The minimum Gasteiger partial charge on any atom is -0.386 e. The van der Waals surface area contributed by atoms with Gasteiger partial charge < -0.3 is 15.7 Å². The Labute approximate surface area is 142 Å². The molecule has 0 spiro atoms. The molecule has 0 bridgehead atoms. The SMILES string of the molecule is C[C@H](NC(=O)c1ccc2c(c1)NC(=O)C2)[C@H](O)c1ccc(F)c(F)c1. The highest BCUT2D eigenvalue weighted by molar-refractivity contribution is 6.02. The van der Waals surface area contributed by atoms with Crippen LogP contribution in [0.5, 0.6) is 0 Å². The molecule has 0 aliphatic carbocycles. The van der Waals surface area contributed by atoms with Crippen molar-refractivity contribution in [3.05, 3.63) is 64.7 Å². The standard InChI is InChI=1S/C18H16F2N2O3/c1-9(17(24)11-4-5-13(19)14(20)6-11)21-18(25)12-3-2-10-8-16(23)22-15(10)7-12/h2-7,9,17,24H,8H2,1H3,(H,21,25)(H,22,23)/t9-,17-/m0/s1. The lowest BCUT2D eigenvalue weighted by Crippen LogP contribution is -2.37. The Balaban J connectivity index is 1.71. The molecule has 3 N–H and O–H groups in total. The molecular weight excluding hydrogens is 330 g/mol. The molecule has 3 rings (SSSR count). The summed E-state index contributed by atoms with van der Waals surface area (Å²) in [4.78, 5) is 23.7. The molecule has 7 heteroatoms. The summed E-state index contributed by atoms with van der Waals surface area (Å²) >= 11 is 0. The zero-order valence-electron chi connectivity index (χ0n) is 13.3. The largest absolute Gasteiger partial charge is 0.386 e. The fraction of sp³-hybridized carbons (Fsp3) is 0.222.